The first-order valence-electron chi connectivity index (χ1n) is 9.64. The fourth-order valence-electron chi connectivity index (χ4n) is 4.72. The molecule has 2 amide bonds. The minimum Gasteiger partial charge on any atom is -0.423 e. The molecule has 3 aromatic rings. The molecule has 11 heteroatoms. The van der Waals surface area contributed by atoms with Gasteiger partial charge < -0.3 is 14.6 Å². The molecule has 2 fully saturated rings. The molecule has 1 aliphatic carbocycles. The number of carbonyl (C=O) groups is 1. The van der Waals surface area contributed by atoms with Crippen LogP contribution in [0.2, 0.25) is 5.02 Å². The summed E-state index contributed by atoms with van der Waals surface area (Å²) in [5.41, 5.74) is 0.264. The Kier molecular flexibility index (Phi) is 4.28. The third-order valence-electron chi connectivity index (χ3n) is 5.78. The number of hydrogen-bond donors (Lipinski definition) is 1. The summed E-state index contributed by atoms with van der Waals surface area (Å²) in [4.78, 5) is 16.1. The number of aryl methyl sites for hydroxylation is 1. The first-order chi connectivity index (χ1) is 14.4. The van der Waals surface area contributed by atoms with Crippen molar-refractivity contribution in [3.63, 3.8) is 0 Å². The molecule has 1 N–H and O–H groups in total. The van der Waals surface area contributed by atoms with E-state index in [2.05, 4.69) is 32.6 Å². The van der Waals surface area contributed by atoms with E-state index in [1.807, 2.05) is 0 Å². The first-order valence-corrected chi connectivity index (χ1v) is 10.0. The molecule has 5 rings (SSSR count). The van der Waals surface area contributed by atoms with Gasteiger partial charge in [-0.2, -0.15) is 9.49 Å². The van der Waals surface area contributed by atoms with E-state index < -0.39 is 11.5 Å². The highest BCUT2D eigenvalue weighted by molar-refractivity contribution is 6.32. The molecule has 2 bridgehead atoms. The highest BCUT2D eigenvalue weighted by Gasteiger charge is 2.62. The van der Waals surface area contributed by atoms with Gasteiger partial charge in [0.1, 0.15) is 17.4 Å². The van der Waals surface area contributed by atoms with Gasteiger partial charge >= 0.3 is 6.03 Å². The number of urea groups is 1. The summed E-state index contributed by atoms with van der Waals surface area (Å²) < 4.78 is 19.0. The van der Waals surface area contributed by atoms with Crippen LogP contribution in [-0.2, 0) is 5.54 Å². The first kappa shape index (κ1) is 19.0. The van der Waals surface area contributed by atoms with Gasteiger partial charge in [-0.3, -0.25) is 0 Å². The van der Waals surface area contributed by atoms with E-state index in [0.717, 1.165) is 30.3 Å². The van der Waals surface area contributed by atoms with Crippen molar-refractivity contribution in [3.05, 3.63) is 47.1 Å². The molecular weight excluding hydrogens is 413 g/mol. The van der Waals surface area contributed by atoms with Crippen molar-refractivity contribution in [3.8, 4) is 5.69 Å². The Morgan fingerprint density at radius 2 is 2.20 bits per heavy atom. The predicted octanol–water partition coefficient (Wildman–Crippen LogP) is 3.68. The number of rotatable bonds is 3. The largest absolute Gasteiger partial charge is 0.423 e. The van der Waals surface area contributed by atoms with Gasteiger partial charge in [-0.1, -0.05) is 18.5 Å². The zero-order chi connectivity index (χ0) is 21.0. The lowest BCUT2D eigenvalue weighted by Gasteiger charge is -2.61. The molecule has 9 nitrogen and oxygen atoms in total. The number of hydrogen-bond acceptors (Lipinski definition) is 6. The number of fused-ring (bicyclic) bond motifs is 2. The number of piperidine rings is 1. The molecular formula is C19H19ClFN7O2. The molecule has 1 unspecified atom stereocenters. The number of benzene rings is 1. The normalized spacial score (nSPS) is 25.1. The van der Waals surface area contributed by atoms with Crippen LogP contribution in [0, 0.1) is 18.8 Å². The zero-order valence-electron chi connectivity index (χ0n) is 16.3. The van der Waals surface area contributed by atoms with Gasteiger partial charge in [0.25, 0.3) is 5.95 Å². The molecule has 3 heterocycles. The van der Waals surface area contributed by atoms with Crippen LogP contribution in [0.5, 0.6) is 0 Å². The fourth-order valence-corrected chi connectivity index (χ4v) is 4.91. The van der Waals surface area contributed by atoms with Crippen LogP contribution in [0.25, 0.3) is 5.69 Å². The minimum absolute atomic E-state index is 0.106. The van der Waals surface area contributed by atoms with Gasteiger partial charge in [0.2, 0.25) is 11.8 Å². The minimum atomic E-state index is -0.722. The van der Waals surface area contributed by atoms with Crippen molar-refractivity contribution >= 4 is 23.3 Å². The Balaban J connectivity index is 1.43. The number of halogens is 2. The van der Waals surface area contributed by atoms with E-state index in [1.54, 1.807) is 30.0 Å². The summed E-state index contributed by atoms with van der Waals surface area (Å²) in [5, 5.41) is 18.9. The predicted molar refractivity (Wildman–Crippen MR) is 105 cm³/mol. The van der Waals surface area contributed by atoms with E-state index >= 15 is 0 Å². The Morgan fingerprint density at radius 3 is 2.90 bits per heavy atom. The lowest BCUT2D eigenvalue weighted by molar-refractivity contribution is -0.110. The Morgan fingerprint density at radius 1 is 1.37 bits per heavy atom. The SMILES string of the molecule is Cc1nnc(C23C[C@@H](C)C[C@H](C2)N3C(=O)Nc2ccc(Cl)c(-n3ncc(F)n3)c2)o1. The molecule has 3 atom stereocenters. The molecule has 2 aliphatic rings. The molecule has 0 spiro atoms. The molecule has 2 aromatic heterocycles. The van der Waals surface area contributed by atoms with Crippen molar-refractivity contribution < 1.29 is 13.6 Å². The second-order valence-corrected chi connectivity index (χ2v) is 8.39. The van der Waals surface area contributed by atoms with Crippen molar-refractivity contribution in [2.45, 2.75) is 44.7 Å². The molecule has 1 saturated heterocycles. The molecule has 1 aliphatic heterocycles. The van der Waals surface area contributed by atoms with Crippen LogP contribution in [-0.4, -0.2) is 42.2 Å². The number of likely N-dealkylation sites (tertiary alicyclic amines) is 1. The average Bonchev–Trinajstić information content (AvgIpc) is 3.31. The van der Waals surface area contributed by atoms with Crippen molar-refractivity contribution in [2.75, 3.05) is 5.32 Å². The second kappa shape index (κ2) is 6.76. The quantitative estimate of drug-likeness (QED) is 0.678. The second-order valence-electron chi connectivity index (χ2n) is 7.98. The van der Waals surface area contributed by atoms with Crippen molar-refractivity contribution in [1.29, 1.82) is 0 Å². The van der Waals surface area contributed by atoms with Crippen LogP contribution in [0.1, 0.15) is 38.0 Å². The van der Waals surface area contributed by atoms with E-state index in [-0.39, 0.29) is 12.1 Å². The van der Waals surface area contributed by atoms with Crippen LogP contribution >= 0.6 is 11.6 Å². The lowest BCUT2D eigenvalue weighted by atomic mass is 9.64. The summed E-state index contributed by atoms with van der Waals surface area (Å²) >= 11 is 6.20. The number of anilines is 1. The van der Waals surface area contributed by atoms with E-state index in [0.29, 0.717) is 34.1 Å². The van der Waals surface area contributed by atoms with E-state index in [1.165, 1.54) is 0 Å². The van der Waals surface area contributed by atoms with Gasteiger partial charge in [0, 0.05) is 25.1 Å². The summed E-state index contributed by atoms with van der Waals surface area (Å²) in [6, 6.07) is 4.72. The Bertz CT molecular complexity index is 1130. The maximum absolute atomic E-state index is 13.2. The third kappa shape index (κ3) is 2.94. The van der Waals surface area contributed by atoms with Crippen LogP contribution in [0.4, 0.5) is 14.9 Å². The summed E-state index contributed by atoms with van der Waals surface area (Å²) in [7, 11) is 0. The summed E-state index contributed by atoms with van der Waals surface area (Å²) in [5.74, 6) is 0.677. The number of nitrogens with zero attached hydrogens (tertiary/aromatic N) is 6. The number of aromatic nitrogens is 5. The highest BCUT2D eigenvalue weighted by Crippen LogP contribution is 2.55. The van der Waals surface area contributed by atoms with Crippen LogP contribution in [0.15, 0.2) is 28.8 Å². The van der Waals surface area contributed by atoms with Crippen molar-refractivity contribution in [1.82, 2.24) is 30.1 Å². The molecule has 1 aromatic carbocycles. The van der Waals surface area contributed by atoms with E-state index in [9.17, 15) is 9.18 Å². The van der Waals surface area contributed by atoms with Gasteiger partial charge in [-0.15, -0.1) is 20.1 Å². The molecule has 30 heavy (non-hydrogen) atoms. The fraction of sp³-hybridized carbons (Fsp3) is 0.421. The highest BCUT2D eigenvalue weighted by atomic mass is 35.5. The van der Waals surface area contributed by atoms with Crippen LogP contribution < -0.4 is 5.32 Å². The van der Waals surface area contributed by atoms with Gasteiger partial charge in [-0.25, -0.2) is 4.79 Å². The average molecular weight is 432 g/mol. The summed E-state index contributed by atoms with van der Waals surface area (Å²) in [6.45, 7) is 3.91. The third-order valence-corrected chi connectivity index (χ3v) is 6.10. The van der Waals surface area contributed by atoms with Gasteiger partial charge in [0.15, 0.2) is 0 Å². The number of amides is 2. The zero-order valence-corrected chi connectivity index (χ0v) is 17.1. The van der Waals surface area contributed by atoms with Gasteiger partial charge in [0.05, 0.1) is 5.02 Å². The topological polar surface area (TPSA) is 102 Å². The maximum Gasteiger partial charge on any atom is 0.323 e. The standard InChI is InChI=1S/C19H19ClFN7O2/c1-10-5-13-8-19(7-10,17-25-24-11(2)30-17)27(13)18(29)23-12-3-4-14(20)15(6-12)28-22-9-16(21)26-28/h3-4,6,9-10,13H,5,7-8H2,1-2H3,(H,23,29)/t10-,13+,19?/m0/s1. The van der Waals surface area contributed by atoms with Gasteiger partial charge in [-0.05, 0) is 37.0 Å². The monoisotopic (exact) mass is 431 g/mol. The number of carbonyl (C=O) groups excluding carboxylic acids is 1. The van der Waals surface area contributed by atoms with Crippen LogP contribution in [0.3, 0.4) is 0 Å². The van der Waals surface area contributed by atoms with E-state index in [4.69, 9.17) is 16.0 Å². The molecule has 156 valence electrons. The molecule has 0 radical (unpaired) electrons. The smallest absolute Gasteiger partial charge is 0.323 e. The molecule has 1 saturated carbocycles. The number of nitrogens with one attached hydrogen (secondary N) is 1. The summed E-state index contributed by atoms with van der Waals surface area (Å²) in [6.07, 6.45) is 3.47. The van der Waals surface area contributed by atoms with Crippen molar-refractivity contribution in [2.24, 2.45) is 5.92 Å². The Labute approximate surface area is 176 Å². The Hall–Kier alpha value is -3.01. The maximum atomic E-state index is 13.2. The lowest BCUT2D eigenvalue weighted by Crippen LogP contribution is -2.70.